The Morgan fingerprint density at radius 1 is 1.07 bits per heavy atom. The third-order valence-electron chi connectivity index (χ3n) is 1.28. The molecule has 8 heteroatoms. The molecule has 0 N–H and O–H groups in total. The van der Waals surface area contributed by atoms with Gasteiger partial charge in [-0.2, -0.15) is 26.3 Å². The molecule has 1 rings (SSSR count). The van der Waals surface area contributed by atoms with Gasteiger partial charge in [-0.05, 0) is 12.1 Å². The second-order valence-electron chi connectivity index (χ2n) is 2.43. The molecule has 0 aliphatic carbocycles. The van der Waals surface area contributed by atoms with E-state index in [4.69, 9.17) is 0 Å². The van der Waals surface area contributed by atoms with Gasteiger partial charge < -0.3 is 4.74 Å². The number of aromatic nitrogens is 1. The van der Waals surface area contributed by atoms with Crippen LogP contribution in [0.3, 0.4) is 0 Å². The molecule has 0 aliphatic heterocycles. The summed E-state index contributed by atoms with van der Waals surface area (Å²) in [5, 5.41) is 0. The van der Waals surface area contributed by atoms with Crippen molar-refractivity contribution in [1.29, 1.82) is 0 Å². The summed E-state index contributed by atoms with van der Waals surface area (Å²) in [4.78, 5) is 2.85. The van der Waals surface area contributed by atoms with Gasteiger partial charge >= 0.3 is 12.3 Å². The van der Waals surface area contributed by atoms with Crippen molar-refractivity contribution in [2.75, 3.05) is 0 Å². The minimum absolute atomic E-state index is 0.426. The van der Waals surface area contributed by atoms with E-state index in [9.17, 15) is 26.3 Å². The van der Waals surface area contributed by atoms with Crippen LogP contribution in [0.15, 0.2) is 18.3 Å². The lowest BCUT2D eigenvalue weighted by Gasteiger charge is -2.19. The van der Waals surface area contributed by atoms with Crippen LogP contribution in [0.4, 0.5) is 26.3 Å². The molecule has 84 valence electrons. The third kappa shape index (κ3) is 2.74. The molecule has 0 unspecified atom stereocenters. The monoisotopic (exact) mass is 231 g/mol. The summed E-state index contributed by atoms with van der Waals surface area (Å²) in [6.07, 6.45) is -10.7. The Bertz CT molecular complexity index is 332. The average molecular weight is 231 g/mol. The van der Waals surface area contributed by atoms with Crippen LogP contribution in [0, 0.1) is 5.95 Å². The first-order valence-corrected chi connectivity index (χ1v) is 3.47. The van der Waals surface area contributed by atoms with Crippen LogP contribution in [0.1, 0.15) is 0 Å². The fraction of sp³-hybridized carbons (Fsp3) is 0.286. The van der Waals surface area contributed by atoms with E-state index in [2.05, 4.69) is 9.72 Å². The largest absolute Gasteiger partial charge is 0.499 e. The highest BCUT2D eigenvalue weighted by atomic mass is 19.4. The van der Waals surface area contributed by atoms with E-state index in [1.54, 1.807) is 0 Å². The van der Waals surface area contributed by atoms with Gasteiger partial charge in [-0.15, -0.1) is 0 Å². The number of hydrogen-bond acceptors (Lipinski definition) is 2. The molecule has 0 fully saturated rings. The molecule has 2 nitrogen and oxygen atoms in total. The van der Waals surface area contributed by atoms with Crippen LogP contribution in [-0.2, 0) is 0 Å². The molecule has 1 heterocycles. The van der Waals surface area contributed by atoms with Gasteiger partial charge in [-0.3, -0.25) is 0 Å². The molecule has 1 aromatic rings. The molecule has 15 heavy (non-hydrogen) atoms. The highest BCUT2D eigenvalue weighted by molar-refractivity contribution is 5.16. The zero-order valence-corrected chi connectivity index (χ0v) is 6.86. The zero-order valence-electron chi connectivity index (χ0n) is 6.86. The second-order valence-corrected chi connectivity index (χ2v) is 2.43. The van der Waals surface area contributed by atoms with E-state index in [-0.39, 0.29) is 0 Å². The molecule has 0 atom stereocenters. The third-order valence-corrected chi connectivity index (χ3v) is 1.28. The molecule has 1 aromatic heterocycles. The van der Waals surface area contributed by atoms with Gasteiger partial charge in [0.2, 0.25) is 5.95 Å². The molecule has 0 spiro atoms. The summed E-state index contributed by atoms with van der Waals surface area (Å²) in [6.45, 7) is 0. The number of rotatable bonds is 2. The number of hydrogen-bond donors (Lipinski definition) is 0. The van der Waals surface area contributed by atoms with Crippen molar-refractivity contribution in [2.45, 2.75) is 12.3 Å². The summed E-state index contributed by atoms with van der Waals surface area (Å²) < 4.78 is 74.9. The first-order valence-electron chi connectivity index (χ1n) is 3.47. The van der Waals surface area contributed by atoms with Crippen molar-refractivity contribution in [1.82, 2.24) is 4.98 Å². The van der Waals surface area contributed by atoms with Crippen LogP contribution >= 0.6 is 0 Å². The van der Waals surface area contributed by atoms with Crippen molar-refractivity contribution in [3.8, 4) is 5.75 Å². The summed E-state index contributed by atoms with van der Waals surface area (Å²) in [6, 6.07) is 1.21. The first kappa shape index (κ1) is 11.6. The van der Waals surface area contributed by atoms with Gasteiger partial charge in [0.25, 0.3) is 0 Å². The Hall–Kier alpha value is -1.47. The van der Waals surface area contributed by atoms with Crippen molar-refractivity contribution >= 4 is 0 Å². The van der Waals surface area contributed by atoms with Crippen LogP contribution < -0.4 is 4.74 Å². The minimum atomic E-state index is -5.83. The minimum Gasteiger partial charge on any atom is -0.424 e. The lowest BCUT2D eigenvalue weighted by atomic mass is 10.4. The van der Waals surface area contributed by atoms with Crippen LogP contribution in [0.25, 0.3) is 0 Å². The second kappa shape index (κ2) is 3.59. The van der Waals surface area contributed by atoms with E-state index < -0.39 is 24.0 Å². The number of ether oxygens (including phenoxy) is 1. The molecular weight excluding hydrogens is 228 g/mol. The van der Waals surface area contributed by atoms with Gasteiger partial charge in [-0.1, -0.05) is 0 Å². The molecular formula is C7H3F6NO. The first-order chi connectivity index (χ1) is 6.72. The Kier molecular flexibility index (Phi) is 2.78. The van der Waals surface area contributed by atoms with Crippen molar-refractivity contribution < 1.29 is 31.1 Å². The standard InChI is InChI=1S/C7H3F6NO/c8-5-2-1-4(3-14-5)15-7(12,13)6(9,10)11/h1-3H. The molecule has 0 aliphatic rings. The number of halogens is 6. The maximum absolute atomic E-state index is 12.2. The van der Waals surface area contributed by atoms with E-state index >= 15 is 0 Å². The molecule has 0 bridgehead atoms. The van der Waals surface area contributed by atoms with Gasteiger partial charge in [-0.25, -0.2) is 4.98 Å². The number of alkyl halides is 5. The average Bonchev–Trinajstić information content (AvgIpc) is 2.06. The molecule has 0 radical (unpaired) electrons. The molecule has 0 amide bonds. The number of pyridine rings is 1. The van der Waals surface area contributed by atoms with Crippen LogP contribution in [0.2, 0.25) is 0 Å². The lowest BCUT2D eigenvalue weighted by Crippen LogP contribution is -2.41. The van der Waals surface area contributed by atoms with Crippen molar-refractivity contribution in [3.05, 3.63) is 24.3 Å². The van der Waals surface area contributed by atoms with Crippen molar-refractivity contribution in [2.24, 2.45) is 0 Å². The highest BCUT2D eigenvalue weighted by Gasteiger charge is 2.61. The van der Waals surface area contributed by atoms with Gasteiger partial charge in [0.15, 0.2) is 0 Å². The summed E-state index contributed by atoms with van der Waals surface area (Å²) in [7, 11) is 0. The molecule has 0 saturated heterocycles. The summed E-state index contributed by atoms with van der Waals surface area (Å²) >= 11 is 0. The van der Waals surface area contributed by atoms with Gasteiger partial charge in [0.1, 0.15) is 5.75 Å². The topological polar surface area (TPSA) is 22.1 Å². The predicted octanol–water partition coefficient (Wildman–Crippen LogP) is 2.75. The van der Waals surface area contributed by atoms with E-state index in [1.165, 1.54) is 0 Å². The fourth-order valence-electron chi connectivity index (χ4n) is 0.628. The zero-order chi connectivity index (χ0) is 11.7. The van der Waals surface area contributed by atoms with Gasteiger partial charge in [0, 0.05) is 0 Å². The fourth-order valence-corrected chi connectivity index (χ4v) is 0.628. The summed E-state index contributed by atoms with van der Waals surface area (Å²) in [5.41, 5.74) is 0. The van der Waals surface area contributed by atoms with Gasteiger partial charge in [0.05, 0.1) is 6.20 Å². The maximum Gasteiger partial charge on any atom is 0.499 e. The summed E-state index contributed by atoms with van der Waals surface area (Å²) in [5.74, 6) is -1.89. The van der Waals surface area contributed by atoms with E-state index in [0.717, 1.165) is 0 Å². The smallest absolute Gasteiger partial charge is 0.424 e. The normalized spacial score (nSPS) is 12.7. The Balaban J connectivity index is 2.82. The van der Waals surface area contributed by atoms with Crippen LogP contribution in [0.5, 0.6) is 5.75 Å². The lowest BCUT2D eigenvalue weighted by molar-refractivity contribution is -0.360. The molecule has 0 aromatic carbocycles. The SMILES string of the molecule is Fc1ccc(OC(F)(F)C(F)(F)F)cn1. The number of nitrogens with zero attached hydrogens (tertiary/aromatic N) is 1. The quantitative estimate of drug-likeness (QED) is 0.576. The molecule has 0 saturated carbocycles. The Morgan fingerprint density at radius 2 is 1.67 bits per heavy atom. The maximum atomic E-state index is 12.2. The predicted molar refractivity (Wildman–Crippen MR) is 35.8 cm³/mol. The Labute approximate surface area is 79.5 Å². The van der Waals surface area contributed by atoms with Crippen molar-refractivity contribution in [3.63, 3.8) is 0 Å². The van der Waals surface area contributed by atoms with Crippen LogP contribution in [-0.4, -0.2) is 17.3 Å². The highest BCUT2D eigenvalue weighted by Crippen LogP contribution is 2.36. The van der Waals surface area contributed by atoms with E-state index in [0.29, 0.717) is 18.3 Å². The Morgan fingerprint density at radius 3 is 2.07 bits per heavy atom. The van der Waals surface area contributed by atoms with E-state index in [1.807, 2.05) is 0 Å².